The first-order chi connectivity index (χ1) is 9.13. The summed E-state index contributed by atoms with van der Waals surface area (Å²) in [6, 6.07) is 5.50. The lowest BCUT2D eigenvalue weighted by atomic mass is 10.1. The van der Waals surface area contributed by atoms with Gasteiger partial charge in [0.15, 0.2) is 11.5 Å². The monoisotopic (exact) mass is 261 g/mol. The normalized spacial score (nSPS) is 14.3. The maximum atomic E-state index is 12.0. The summed E-state index contributed by atoms with van der Waals surface area (Å²) in [4.78, 5) is 12.0. The van der Waals surface area contributed by atoms with E-state index >= 15 is 0 Å². The molecular formula is C13H19N5O. The molecule has 0 aliphatic rings. The molecule has 2 heterocycles. The average Bonchev–Trinajstić information content (AvgIpc) is 2.82. The Morgan fingerprint density at radius 3 is 2.95 bits per heavy atom. The van der Waals surface area contributed by atoms with Crippen LogP contribution in [-0.2, 0) is 4.79 Å². The lowest BCUT2D eigenvalue weighted by molar-refractivity contribution is -0.125. The molecule has 3 N–H and O–H groups in total. The van der Waals surface area contributed by atoms with Crippen LogP contribution in [0.5, 0.6) is 0 Å². The van der Waals surface area contributed by atoms with Crippen LogP contribution >= 0.6 is 0 Å². The van der Waals surface area contributed by atoms with Crippen LogP contribution in [0.2, 0.25) is 0 Å². The topological polar surface area (TPSA) is 85.3 Å². The predicted octanol–water partition coefficient (Wildman–Crippen LogP) is 0.891. The summed E-state index contributed by atoms with van der Waals surface area (Å²) in [7, 11) is 0. The second kappa shape index (κ2) is 5.79. The van der Waals surface area contributed by atoms with Crippen molar-refractivity contribution in [1.82, 2.24) is 19.9 Å². The minimum absolute atomic E-state index is 0.00867. The summed E-state index contributed by atoms with van der Waals surface area (Å²) in [6.07, 6.45) is 2.57. The second-order valence-electron chi connectivity index (χ2n) is 4.70. The molecule has 6 nitrogen and oxygen atoms in total. The molecule has 0 aliphatic heterocycles. The highest BCUT2D eigenvalue weighted by Crippen LogP contribution is 2.13. The Morgan fingerprint density at radius 1 is 1.42 bits per heavy atom. The number of nitrogens with zero attached hydrogens (tertiary/aromatic N) is 3. The van der Waals surface area contributed by atoms with Gasteiger partial charge in [0.1, 0.15) is 0 Å². The Labute approximate surface area is 112 Å². The van der Waals surface area contributed by atoms with Gasteiger partial charge >= 0.3 is 0 Å². The third-order valence-electron chi connectivity index (χ3n) is 3.13. The van der Waals surface area contributed by atoms with Gasteiger partial charge in [-0.3, -0.25) is 9.20 Å². The molecule has 0 radical (unpaired) electrons. The highest BCUT2D eigenvalue weighted by Gasteiger charge is 2.18. The van der Waals surface area contributed by atoms with Crippen LogP contribution in [0.15, 0.2) is 24.4 Å². The lowest BCUT2D eigenvalue weighted by Gasteiger charge is -2.16. The molecule has 102 valence electrons. The Kier molecular flexibility index (Phi) is 4.11. The van der Waals surface area contributed by atoms with E-state index in [0.29, 0.717) is 13.0 Å². The van der Waals surface area contributed by atoms with E-state index in [1.165, 1.54) is 0 Å². The molecule has 6 heteroatoms. The number of pyridine rings is 1. The van der Waals surface area contributed by atoms with E-state index in [1.54, 1.807) is 0 Å². The van der Waals surface area contributed by atoms with Crippen LogP contribution in [0.1, 0.15) is 32.1 Å². The Morgan fingerprint density at radius 2 is 2.21 bits per heavy atom. The summed E-state index contributed by atoms with van der Waals surface area (Å²) >= 11 is 0. The highest BCUT2D eigenvalue weighted by molar-refractivity contribution is 5.78. The summed E-state index contributed by atoms with van der Waals surface area (Å²) in [5.41, 5.74) is 6.23. The number of nitrogens with two attached hydrogens (primary N) is 1. The summed E-state index contributed by atoms with van der Waals surface area (Å²) in [5, 5.41) is 11.1. The molecule has 2 atom stereocenters. The molecule has 2 unspecified atom stereocenters. The van der Waals surface area contributed by atoms with Gasteiger partial charge in [0.2, 0.25) is 5.91 Å². The van der Waals surface area contributed by atoms with Gasteiger partial charge in [0.05, 0.1) is 6.04 Å². The molecular weight excluding hydrogens is 242 g/mol. The minimum Gasteiger partial charge on any atom is -0.346 e. The first-order valence-electron chi connectivity index (χ1n) is 6.43. The van der Waals surface area contributed by atoms with Crippen LogP contribution in [0.4, 0.5) is 0 Å². The molecule has 0 fully saturated rings. The van der Waals surface area contributed by atoms with Crippen LogP contribution in [-0.4, -0.2) is 27.0 Å². The third-order valence-corrected chi connectivity index (χ3v) is 3.13. The minimum atomic E-state index is -0.190. The third kappa shape index (κ3) is 2.90. The smallest absolute Gasteiger partial charge is 0.223 e. The van der Waals surface area contributed by atoms with Crippen LogP contribution < -0.4 is 11.1 Å². The number of carbonyl (C=O) groups excluding carboxylic acids is 1. The first-order valence-corrected chi connectivity index (χ1v) is 6.43. The highest BCUT2D eigenvalue weighted by atomic mass is 16.1. The number of amides is 1. The number of rotatable bonds is 5. The zero-order chi connectivity index (χ0) is 13.8. The standard InChI is InChI=1S/C13H19N5O/c1-9(6-7-14)13(19)15-10(2)12-17-16-11-5-3-4-8-18(11)12/h3-5,8-10H,6-7,14H2,1-2H3,(H,15,19). The van der Waals surface area contributed by atoms with Crippen LogP contribution in [0, 0.1) is 5.92 Å². The molecule has 2 rings (SSSR count). The van der Waals surface area contributed by atoms with Crippen LogP contribution in [0.25, 0.3) is 5.65 Å². The van der Waals surface area contributed by atoms with Crippen molar-refractivity contribution in [3.63, 3.8) is 0 Å². The largest absolute Gasteiger partial charge is 0.346 e. The number of fused-ring (bicyclic) bond motifs is 1. The van der Waals surface area contributed by atoms with E-state index in [-0.39, 0.29) is 17.9 Å². The van der Waals surface area contributed by atoms with Crippen molar-refractivity contribution in [2.24, 2.45) is 11.7 Å². The van der Waals surface area contributed by atoms with Crippen molar-refractivity contribution >= 4 is 11.6 Å². The van der Waals surface area contributed by atoms with E-state index in [0.717, 1.165) is 11.5 Å². The van der Waals surface area contributed by atoms with E-state index in [2.05, 4.69) is 15.5 Å². The average molecular weight is 261 g/mol. The van der Waals surface area contributed by atoms with Crippen molar-refractivity contribution in [3.05, 3.63) is 30.2 Å². The van der Waals surface area contributed by atoms with E-state index < -0.39 is 0 Å². The number of aromatic nitrogens is 3. The lowest BCUT2D eigenvalue weighted by Crippen LogP contribution is -2.33. The van der Waals surface area contributed by atoms with Crippen molar-refractivity contribution in [3.8, 4) is 0 Å². The second-order valence-corrected chi connectivity index (χ2v) is 4.70. The van der Waals surface area contributed by atoms with Gasteiger partial charge in [-0.2, -0.15) is 0 Å². The molecule has 0 spiro atoms. The van der Waals surface area contributed by atoms with Gasteiger partial charge in [-0.1, -0.05) is 13.0 Å². The molecule has 2 aromatic rings. The molecule has 1 amide bonds. The summed E-state index contributed by atoms with van der Waals surface area (Å²) in [5.74, 6) is 0.626. The van der Waals surface area contributed by atoms with Gasteiger partial charge < -0.3 is 11.1 Å². The number of nitrogens with one attached hydrogen (secondary N) is 1. The van der Waals surface area contributed by atoms with Crippen molar-refractivity contribution in [1.29, 1.82) is 0 Å². The molecule has 19 heavy (non-hydrogen) atoms. The maximum Gasteiger partial charge on any atom is 0.223 e. The Balaban J connectivity index is 2.12. The SMILES string of the molecule is CC(CCN)C(=O)NC(C)c1nnc2ccccn12. The molecule has 0 bridgehead atoms. The fourth-order valence-corrected chi connectivity index (χ4v) is 1.96. The zero-order valence-corrected chi connectivity index (χ0v) is 11.2. The van der Waals surface area contributed by atoms with Crippen molar-refractivity contribution in [2.45, 2.75) is 26.3 Å². The summed E-state index contributed by atoms with van der Waals surface area (Å²) < 4.78 is 1.87. The van der Waals surface area contributed by atoms with E-state index in [1.807, 2.05) is 42.6 Å². The molecule has 0 saturated heterocycles. The Bertz CT molecular complexity index is 565. The maximum absolute atomic E-state index is 12.0. The van der Waals surface area contributed by atoms with Gasteiger partial charge in [-0.15, -0.1) is 10.2 Å². The van der Waals surface area contributed by atoms with Gasteiger partial charge in [-0.05, 0) is 32.0 Å². The molecule has 0 saturated carbocycles. The summed E-state index contributed by atoms with van der Waals surface area (Å²) in [6.45, 7) is 4.28. The zero-order valence-electron chi connectivity index (χ0n) is 11.2. The van der Waals surface area contributed by atoms with Gasteiger partial charge in [0.25, 0.3) is 0 Å². The molecule has 0 aliphatic carbocycles. The van der Waals surface area contributed by atoms with E-state index in [4.69, 9.17) is 5.73 Å². The van der Waals surface area contributed by atoms with Gasteiger partial charge in [0, 0.05) is 12.1 Å². The number of carbonyl (C=O) groups is 1. The predicted molar refractivity (Wildman–Crippen MR) is 72.4 cm³/mol. The van der Waals surface area contributed by atoms with Gasteiger partial charge in [-0.25, -0.2) is 0 Å². The van der Waals surface area contributed by atoms with Crippen LogP contribution in [0.3, 0.4) is 0 Å². The fourth-order valence-electron chi connectivity index (χ4n) is 1.96. The number of hydrogen-bond acceptors (Lipinski definition) is 4. The molecule has 0 aromatic carbocycles. The fraction of sp³-hybridized carbons (Fsp3) is 0.462. The molecule has 2 aromatic heterocycles. The van der Waals surface area contributed by atoms with E-state index in [9.17, 15) is 4.79 Å². The van der Waals surface area contributed by atoms with Crippen molar-refractivity contribution < 1.29 is 4.79 Å². The first kappa shape index (κ1) is 13.5. The number of hydrogen-bond donors (Lipinski definition) is 2. The van der Waals surface area contributed by atoms with Crippen molar-refractivity contribution in [2.75, 3.05) is 6.54 Å². The quantitative estimate of drug-likeness (QED) is 0.837. The Hall–Kier alpha value is -1.95.